The number of fused-ring (bicyclic) bond motifs is 1. The van der Waals surface area contributed by atoms with Crippen molar-refractivity contribution in [3.8, 4) is 0 Å². The fraction of sp³-hybridized carbons (Fsp3) is 0.833. The highest BCUT2D eigenvalue weighted by Crippen LogP contribution is 2.47. The van der Waals surface area contributed by atoms with Crippen LogP contribution in [0.1, 0.15) is 38.5 Å². The Kier molecular flexibility index (Phi) is 3.36. The summed E-state index contributed by atoms with van der Waals surface area (Å²) >= 11 is 0. The molecule has 2 aliphatic carbocycles. The second-order valence-electron chi connectivity index (χ2n) is 5.01. The lowest BCUT2D eigenvalue weighted by Gasteiger charge is -2.42. The summed E-state index contributed by atoms with van der Waals surface area (Å²) in [5.41, 5.74) is 0. The second-order valence-corrected chi connectivity index (χ2v) is 5.01. The van der Waals surface area contributed by atoms with Gasteiger partial charge in [0.15, 0.2) is 0 Å². The van der Waals surface area contributed by atoms with Gasteiger partial charge in [-0.15, -0.1) is 0 Å². The van der Waals surface area contributed by atoms with Crippen LogP contribution in [0.15, 0.2) is 0 Å². The van der Waals surface area contributed by atoms with Crippen LogP contribution < -0.4 is 0 Å². The zero-order valence-corrected chi connectivity index (χ0v) is 9.12. The molecule has 4 atom stereocenters. The molecule has 2 rings (SSSR count). The third kappa shape index (κ3) is 2.02. The average Bonchev–Trinajstić information content (AvgIpc) is 2.27. The molecule has 0 spiro atoms. The number of halogens is 2. The predicted octanol–water partition coefficient (Wildman–Crippen LogP) is 2.81. The summed E-state index contributed by atoms with van der Waals surface area (Å²) in [5, 5.41) is 0. The van der Waals surface area contributed by atoms with Crippen molar-refractivity contribution in [1.29, 1.82) is 0 Å². The highest BCUT2D eigenvalue weighted by Gasteiger charge is 2.45. The first kappa shape index (κ1) is 11.7. The fourth-order valence-electron chi connectivity index (χ4n) is 3.57. The van der Waals surface area contributed by atoms with Gasteiger partial charge < -0.3 is 0 Å². The summed E-state index contributed by atoms with van der Waals surface area (Å²) in [7, 11) is 0. The van der Waals surface area contributed by atoms with Gasteiger partial charge in [0.2, 0.25) is 0 Å². The van der Waals surface area contributed by atoms with Crippen molar-refractivity contribution in [2.45, 2.75) is 38.5 Å². The lowest BCUT2D eigenvalue weighted by molar-refractivity contribution is -0.146. The zero-order chi connectivity index (χ0) is 11.7. The van der Waals surface area contributed by atoms with E-state index in [4.69, 9.17) is 0 Å². The average molecular weight is 230 g/mol. The lowest BCUT2D eigenvalue weighted by Crippen LogP contribution is -2.40. The minimum absolute atomic E-state index is 0.107. The Bertz CT molecular complexity index is 273. The van der Waals surface area contributed by atoms with Crippen LogP contribution in [0.4, 0.5) is 8.78 Å². The van der Waals surface area contributed by atoms with E-state index in [1.54, 1.807) is 0 Å². The van der Waals surface area contributed by atoms with Gasteiger partial charge in [0.1, 0.15) is 0 Å². The molecule has 0 radical (unpaired) electrons. The minimum atomic E-state index is -1.28. The Hall–Kier alpha value is -0.800. The van der Waals surface area contributed by atoms with Crippen LogP contribution in [0.25, 0.3) is 0 Å². The van der Waals surface area contributed by atoms with Gasteiger partial charge in [-0.2, -0.15) is 8.78 Å². The molecule has 2 fully saturated rings. The van der Waals surface area contributed by atoms with E-state index >= 15 is 0 Å². The predicted molar refractivity (Wildman–Crippen MR) is 53.9 cm³/mol. The largest absolute Gasteiger partial charge is 0.304 e. The monoisotopic (exact) mass is 230 g/mol. The first-order chi connectivity index (χ1) is 7.61. The van der Waals surface area contributed by atoms with E-state index in [0.717, 1.165) is 25.7 Å². The van der Waals surface area contributed by atoms with Gasteiger partial charge in [-0.25, -0.2) is 0 Å². The highest BCUT2D eigenvalue weighted by atomic mass is 19.1. The third-order valence-corrected chi connectivity index (χ3v) is 4.27. The van der Waals surface area contributed by atoms with Gasteiger partial charge in [0, 0.05) is 0 Å². The molecule has 0 aromatic rings. The SMILES string of the molecule is O=C(F)C1CCCC2C(C(=O)F)CCCC12. The molecule has 90 valence electrons. The fourth-order valence-corrected chi connectivity index (χ4v) is 3.57. The van der Waals surface area contributed by atoms with Gasteiger partial charge in [0.05, 0.1) is 11.8 Å². The topological polar surface area (TPSA) is 34.1 Å². The molecule has 4 heteroatoms. The van der Waals surface area contributed by atoms with E-state index in [2.05, 4.69) is 0 Å². The maximum atomic E-state index is 12.9. The molecule has 0 aromatic carbocycles. The minimum Gasteiger partial charge on any atom is -0.261 e. The first-order valence-corrected chi connectivity index (χ1v) is 6.00. The molecule has 4 unspecified atom stereocenters. The molecule has 0 heterocycles. The molecule has 2 aliphatic rings. The quantitative estimate of drug-likeness (QED) is 0.683. The molecule has 0 amide bonds. The van der Waals surface area contributed by atoms with E-state index in [9.17, 15) is 18.4 Å². The van der Waals surface area contributed by atoms with Crippen molar-refractivity contribution in [2.24, 2.45) is 23.7 Å². The van der Waals surface area contributed by atoms with Crippen LogP contribution in [0.5, 0.6) is 0 Å². The second kappa shape index (κ2) is 4.60. The van der Waals surface area contributed by atoms with E-state index in [1.807, 2.05) is 0 Å². The first-order valence-electron chi connectivity index (χ1n) is 6.00. The summed E-state index contributed by atoms with van der Waals surface area (Å²) in [4.78, 5) is 21.8. The van der Waals surface area contributed by atoms with Gasteiger partial charge in [0.25, 0.3) is 0 Å². The van der Waals surface area contributed by atoms with Gasteiger partial charge in [-0.1, -0.05) is 12.8 Å². The molecule has 0 aromatic heterocycles. The van der Waals surface area contributed by atoms with Crippen LogP contribution in [0.3, 0.4) is 0 Å². The molecule has 0 bridgehead atoms. The van der Waals surface area contributed by atoms with Gasteiger partial charge >= 0.3 is 12.1 Å². The van der Waals surface area contributed by atoms with Crippen LogP contribution in [0.2, 0.25) is 0 Å². The summed E-state index contributed by atoms with van der Waals surface area (Å²) in [6, 6.07) is -2.55. The van der Waals surface area contributed by atoms with Crippen LogP contribution in [-0.2, 0) is 9.59 Å². The van der Waals surface area contributed by atoms with E-state index in [-0.39, 0.29) is 11.8 Å². The van der Waals surface area contributed by atoms with Crippen LogP contribution >= 0.6 is 0 Å². The lowest BCUT2D eigenvalue weighted by atomic mass is 9.61. The summed E-state index contributed by atoms with van der Waals surface area (Å²) in [6.07, 6.45) is 4.09. The molecular weight excluding hydrogens is 214 g/mol. The summed E-state index contributed by atoms with van der Waals surface area (Å²) < 4.78 is 25.7. The Balaban J connectivity index is 2.17. The zero-order valence-electron chi connectivity index (χ0n) is 9.12. The van der Waals surface area contributed by atoms with Gasteiger partial charge in [-0.05, 0) is 37.5 Å². The smallest absolute Gasteiger partial charge is 0.261 e. The summed E-state index contributed by atoms with van der Waals surface area (Å²) in [5.74, 6) is -1.38. The highest BCUT2D eigenvalue weighted by molar-refractivity contribution is 5.73. The molecule has 0 aliphatic heterocycles. The molecule has 2 saturated carbocycles. The molecule has 2 nitrogen and oxygen atoms in total. The summed E-state index contributed by atoms with van der Waals surface area (Å²) in [6.45, 7) is 0. The molecule has 16 heavy (non-hydrogen) atoms. The van der Waals surface area contributed by atoms with Crippen molar-refractivity contribution in [2.75, 3.05) is 0 Å². The van der Waals surface area contributed by atoms with Gasteiger partial charge in [-0.3, -0.25) is 9.59 Å². The normalized spacial score (nSPS) is 38.9. The maximum Gasteiger partial charge on any atom is 0.304 e. The van der Waals surface area contributed by atoms with E-state index in [0.29, 0.717) is 12.8 Å². The van der Waals surface area contributed by atoms with Crippen molar-refractivity contribution in [1.82, 2.24) is 0 Å². The van der Waals surface area contributed by atoms with Crippen molar-refractivity contribution >= 4 is 12.1 Å². The van der Waals surface area contributed by atoms with Crippen LogP contribution in [0, 0.1) is 23.7 Å². The van der Waals surface area contributed by atoms with E-state index in [1.165, 1.54) is 0 Å². The Morgan fingerprint density at radius 1 is 0.750 bits per heavy atom. The maximum absolute atomic E-state index is 12.9. The Morgan fingerprint density at radius 2 is 1.12 bits per heavy atom. The molecule has 0 saturated heterocycles. The number of carbonyl (C=O) groups excluding carboxylic acids is 2. The van der Waals surface area contributed by atoms with Crippen molar-refractivity contribution in [3.63, 3.8) is 0 Å². The number of carbonyl (C=O) groups is 2. The Labute approximate surface area is 93.4 Å². The van der Waals surface area contributed by atoms with Crippen molar-refractivity contribution in [3.05, 3.63) is 0 Å². The van der Waals surface area contributed by atoms with Crippen molar-refractivity contribution < 1.29 is 18.4 Å². The van der Waals surface area contributed by atoms with E-state index < -0.39 is 23.9 Å². The molecule has 0 N–H and O–H groups in total. The number of hydrogen-bond acceptors (Lipinski definition) is 2. The molecular formula is C12H16F2O2. The Morgan fingerprint density at radius 3 is 1.44 bits per heavy atom. The third-order valence-electron chi connectivity index (χ3n) is 4.27. The number of hydrogen-bond donors (Lipinski definition) is 0. The standard InChI is InChI=1S/C12H16F2O2/c13-11(15)9-5-1-3-7-8(9)4-2-6-10(7)12(14)16/h7-10H,1-6H2. The van der Waals surface area contributed by atoms with Crippen LogP contribution in [-0.4, -0.2) is 12.1 Å². The number of rotatable bonds is 2.